The van der Waals surface area contributed by atoms with E-state index in [9.17, 15) is 14.7 Å². The summed E-state index contributed by atoms with van der Waals surface area (Å²) in [5.74, 6) is -0.601. The Morgan fingerprint density at radius 2 is 1.65 bits per heavy atom. The van der Waals surface area contributed by atoms with Crippen molar-refractivity contribution in [1.29, 1.82) is 0 Å². The lowest BCUT2D eigenvalue weighted by atomic mass is 9.92. The first-order valence-electron chi connectivity index (χ1n) is 8.24. The number of methoxy groups -OCH3 is 2. The molecule has 2 aromatic carbocycles. The molecule has 0 fully saturated rings. The molecule has 6 nitrogen and oxygen atoms in total. The third-order valence-electron chi connectivity index (χ3n) is 4.38. The quantitative estimate of drug-likeness (QED) is 0.597. The predicted octanol–water partition coefficient (Wildman–Crippen LogP) is 4.14. The molecule has 0 unspecified atom stereocenters. The van der Waals surface area contributed by atoms with Gasteiger partial charge in [0.05, 0.1) is 25.5 Å². The summed E-state index contributed by atoms with van der Waals surface area (Å²) < 4.78 is 9.90. The van der Waals surface area contributed by atoms with Crippen molar-refractivity contribution in [2.75, 3.05) is 19.5 Å². The van der Waals surface area contributed by atoms with Gasteiger partial charge in [-0.05, 0) is 49.2 Å². The molecule has 0 amide bonds. The van der Waals surface area contributed by atoms with Crippen LogP contribution in [0.5, 0.6) is 11.5 Å². The van der Waals surface area contributed by atoms with Crippen LogP contribution in [0.1, 0.15) is 45.2 Å². The first-order valence-corrected chi connectivity index (χ1v) is 8.24. The maximum Gasteiger partial charge on any atom is 0.341 e. The fourth-order valence-electron chi connectivity index (χ4n) is 2.76. The summed E-state index contributed by atoms with van der Waals surface area (Å²) in [6.07, 6.45) is 0.188. The maximum absolute atomic E-state index is 12.5. The Kier molecular flexibility index (Phi) is 5.87. The van der Waals surface area contributed by atoms with Crippen molar-refractivity contribution >= 4 is 23.1 Å². The van der Waals surface area contributed by atoms with Gasteiger partial charge in [0.2, 0.25) is 0 Å². The minimum Gasteiger partial charge on any atom is -0.506 e. The second-order valence-corrected chi connectivity index (χ2v) is 5.85. The number of Topliss-reactive ketones (excluding diaryl/α,β-unsaturated/α-hetero) is 1. The standard InChI is InChI=1S/C20H23NO5/c1-6-15(22)17-18(21-13-7-9-14(25-4)10-8-13)12(3)11(2)16(19(17)23)20(24)26-5/h7-10,21,23H,6H2,1-5H3. The number of nitrogens with one attached hydrogen (secondary N) is 1. The number of ether oxygens (including phenoxy) is 2. The summed E-state index contributed by atoms with van der Waals surface area (Å²) in [4.78, 5) is 24.6. The van der Waals surface area contributed by atoms with Crippen molar-refractivity contribution < 1.29 is 24.2 Å². The number of hydrogen-bond donors (Lipinski definition) is 2. The van der Waals surface area contributed by atoms with Crippen LogP contribution < -0.4 is 10.1 Å². The topological polar surface area (TPSA) is 84.9 Å². The molecule has 6 heteroatoms. The zero-order valence-corrected chi connectivity index (χ0v) is 15.6. The van der Waals surface area contributed by atoms with Crippen LogP contribution in [-0.4, -0.2) is 31.1 Å². The molecule has 26 heavy (non-hydrogen) atoms. The van der Waals surface area contributed by atoms with Crippen molar-refractivity contribution in [2.24, 2.45) is 0 Å². The largest absolute Gasteiger partial charge is 0.506 e. The van der Waals surface area contributed by atoms with Gasteiger partial charge in [-0.25, -0.2) is 4.79 Å². The number of aromatic hydroxyl groups is 1. The number of carbonyl (C=O) groups is 2. The number of phenols is 1. The van der Waals surface area contributed by atoms with Gasteiger partial charge in [0.25, 0.3) is 0 Å². The van der Waals surface area contributed by atoms with E-state index < -0.39 is 5.97 Å². The SMILES string of the molecule is CCC(=O)c1c(O)c(C(=O)OC)c(C)c(C)c1Nc1ccc(OC)cc1. The highest BCUT2D eigenvalue weighted by atomic mass is 16.5. The third kappa shape index (κ3) is 3.49. The normalized spacial score (nSPS) is 10.3. The number of benzene rings is 2. The Hall–Kier alpha value is -3.02. The number of phenolic OH excluding ortho intramolecular Hbond substituents is 1. The molecule has 0 aliphatic heterocycles. The first-order chi connectivity index (χ1) is 12.3. The molecule has 2 N–H and O–H groups in total. The second-order valence-electron chi connectivity index (χ2n) is 5.85. The Labute approximate surface area is 152 Å². The average molecular weight is 357 g/mol. The van der Waals surface area contributed by atoms with Gasteiger partial charge in [-0.15, -0.1) is 0 Å². The second kappa shape index (κ2) is 7.91. The lowest BCUT2D eigenvalue weighted by Crippen LogP contribution is -2.13. The molecule has 0 atom stereocenters. The summed E-state index contributed by atoms with van der Waals surface area (Å²) in [5, 5.41) is 13.8. The third-order valence-corrected chi connectivity index (χ3v) is 4.38. The molecule has 0 saturated heterocycles. The number of esters is 1. The van der Waals surface area contributed by atoms with Crippen LogP contribution in [-0.2, 0) is 4.74 Å². The molecule has 2 aromatic rings. The van der Waals surface area contributed by atoms with Crippen LogP contribution in [0.3, 0.4) is 0 Å². The van der Waals surface area contributed by atoms with E-state index in [1.54, 1.807) is 52.1 Å². The number of carbonyl (C=O) groups excluding carboxylic acids is 2. The molecule has 0 spiro atoms. The van der Waals surface area contributed by atoms with E-state index in [0.717, 1.165) is 5.69 Å². The number of anilines is 2. The van der Waals surface area contributed by atoms with E-state index in [0.29, 0.717) is 22.6 Å². The molecule has 0 aromatic heterocycles. The van der Waals surface area contributed by atoms with Crippen LogP contribution >= 0.6 is 0 Å². The van der Waals surface area contributed by atoms with Gasteiger partial charge >= 0.3 is 5.97 Å². The molecule has 0 bridgehead atoms. The lowest BCUT2D eigenvalue weighted by Gasteiger charge is -2.20. The molecule has 0 heterocycles. The van der Waals surface area contributed by atoms with Gasteiger partial charge in [-0.3, -0.25) is 4.79 Å². The van der Waals surface area contributed by atoms with Gasteiger partial charge in [0.1, 0.15) is 17.1 Å². The zero-order chi connectivity index (χ0) is 19.4. The summed E-state index contributed by atoms with van der Waals surface area (Å²) >= 11 is 0. The number of hydrogen-bond acceptors (Lipinski definition) is 6. The Bertz CT molecular complexity index is 841. The van der Waals surface area contributed by atoms with E-state index in [-0.39, 0.29) is 29.1 Å². The summed E-state index contributed by atoms with van der Waals surface area (Å²) in [6, 6.07) is 7.18. The minimum atomic E-state index is -0.677. The van der Waals surface area contributed by atoms with Gasteiger partial charge in [-0.1, -0.05) is 6.92 Å². The smallest absolute Gasteiger partial charge is 0.341 e. The fourth-order valence-corrected chi connectivity index (χ4v) is 2.76. The van der Waals surface area contributed by atoms with Gasteiger partial charge in [0, 0.05) is 12.1 Å². The Balaban J connectivity index is 2.66. The number of rotatable bonds is 6. The molecule has 0 radical (unpaired) electrons. The van der Waals surface area contributed by atoms with Crippen LogP contribution in [0.15, 0.2) is 24.3 Å². The molecular formula is C20H23NO5. The van der Waals surface area contributed by atoms with Crippen LogP contribution in [0.25, 0.3) is 0 Å². The summed E-state index contributed by atoms with van der Waals surface area (Å²) in [5.41, 5.74) is 2.55. The number of ketones is 1. The Morgan fingerprint density at radius 1 is 1.04 bits per heavy atom. The highest BCUT2D eigenvalue weighted by Gasteiger charge is 2.27. The van der Waals surface area contributed by atoms with E-state index >= 15 is 0 Å². The molecule has 138 valence electrons. The molecule has 0 aliphatic carbocycles. The predicted molar refractivity (Wildman–Crippen MR) is 99.8 cm³/mol. The highest BCUT2D eigenvalue weighted by Crippen LogP contribution is 2.39. The summed E-state index contributed by atoms with van der Waals surface area (Å²) in [6.45, 7) is 5.20. The van der Waals surface area contributed by atoms with Gasteiger partial charge < -0.3 is 19.9 Å². The lowest BCUT2D eigenvalue weighted by molar-refractivity contribution is 0.0596. The van der Waals surface area contributed by atoms with Crippen LogP contribution in [0, 0.1) is 13.8 Å². The van der Waals surface area contributed by atoms with Crippen molar-refractivity contribution in [3.05, 3.63) is 46.5 Å². The van der Waals surface area contributed by atoms with Crippen LogP contribution in [0.4, 0.5) is 11.4 Å². The van der Waals surface area contributed by atoms with Gasteiger partial charge in [0.15, 0.2) is 5.78 Å². The zero-order valence-electron chi connectivity index (χ0n) is 15.6. The van der Waals surface area contributed by atoms with Crippen LogP contribution in [0.2, 0.25) is 0 Å². The highest BCUT2D eigenvalue weighted by molar-refractivity contribution is 6.09. The molecular weight excluding hydrogens is 334 g/mol. The van der Waals surface area contributed by atoms with Crippen molar-refractivity contribution in [3.8, 4) is 11.5 Å². The van der Waals surface area contributed by atoms with E-state index in [4.69, 9.17) is 9.47 Å². The van der Waals surface area contributed by atoms with E-state index in [1.165, 1.54) is 7.11 Å². The fraction of sp³-hybridized carbons (Fsp3) is 0.300. The molecule has 0 saturated carbocycles. The van der Waals surface area contributed by atoms with Crippen molar-refractivity contribution in [1.82, 2.24) is 0 Å². The minimum absolute atomic E-state index is 0.0158. The van der Waals surface area contributed by atoms with Crippen molar-refractivity contribution in [2.45, 2.75) is 27.2 Å². The summed E-state index contributed by atoms with van der Waals surface area (Å²) in [7, 11) is 2.82. The van der Waals surface area contributed by atoms with E-state index in [1.807, 2.05) is 0 Å². The monoisotopic (exact) mass is 357 g/mol. The van der Waals surface area contributed by atoms with Gasteiger partial charge in [-0.2, -0.15) is 0 Å². The van der Waals surface area contributed by atoms with Crippen molar-refractivity contribution in [3.63, 3.8) is 0 Å². The Morgan fingerprint density at radius 3 is 2.15 bits per heavy atom. The molecule has 0 aliphatic rings. The van der Waals surface area contributed by atoms with E-state index in [2.05, 4.69) is 5.32 Å². The maximum atomic E-state index is 12.5. The average Bonchev–Trinajstić information content (AvgIpc) is 2.66. The first kappa shape index (κ1) is 19.3. The molecule has 2 rings (SSSR count).